The van der Waals surface area contributed by atoms with Gasteiger partial charge in [0.15, 0.2) is 34.9 Å². The summed E-state index contributed by atoms with van der Waals surface area (Å²) in [5.74, 6) is -13.5. The SMILES string of the molecule is C=CCc1c(F)c(F)c(F)c(-c2ccc3c(c2)C(=C(C#N)C#N)c2sc4c(c2-3)-c2ccc(-c3c(F)c(F)c(F)c(CC)c3F)cc2C4=C(C#N)C#N)c1F. The first-order valence-corrected chi connectivity index (χ1v) is 16.6. The average molecular weight is 749 g/mol. The molecule has 0 bridgehead atoms. The van der Waals surface area contributed by atoms with Crippen LogP contribution >= 0.6 is 11.3 Å². The van der Waals surface area contributed by atoms with Crippen LogP contribution in [0.15, 0.2) is 60.2 Å². The van der Waals surface area contributed by atoms with E-state index in [1.807, 2.05) is 0 Å². The zero-order chi connectivity index (χ0) is 38.9. The van der Waals surface area contributed by atoms with Crippen molar-refractivity contribution in [3.05, 3.63) is 139 Å². The van der Waals surface area contributed by atoms with Crippen LogP contribution in [0.1, 0.15) is 38.9 Å². The van der Waals surface area contributed by atoms with E-state index in [4.69, 9.17) is 0 Å². The standard InChI is InChI=1S/C41H16F8N4S/c1-3-5-23-33(43)29(37(47)39(49)35(23)45)17-7-9-22-25(11-17)27(19(14-52)15-53)41-31(22)30-21-8-6-16(10-24(21)26(40(30)54-41)18(12-50)13-51)28-32(42)20(4-2)34(44)38(48)36(28)46/h3,6-11H,1,4-5H2,2H3. The summed E-state index contributed by atoms with van der Waals surface area (Å²) in [5.41, 5.74) is -2.88. The lowest BCUT2D eigenvalue weighted by molar-refractivity contribution is 0.428. The number of thiophene rings is 1. The maximum absolute atomic E-state index is 15.7. The predicted molar refractivity (Wildman–Crippen MR) is 184 cm³/mol. The topological polar surface area (TPSA) is 95.2 Å². The second kappa shape index (κ2) is 13.0. The number of hydrogen-bond donors (Lipinski definition) is 0. The highest BCUT2D eigenvalue weighted by atomic mass is 32.1. The maximum atomic E-state index is 15.7. The Bertz CT molecular complexity index is 2800. The van der Waals surface area contributed by atoms with Crippen molar-refractivity contribution < 1.29 is 35.1 Å². The van der Waals surface area contributed by atoms with Crippen LogP contribution in [0, 0.1) is 91.9 Å². The molecule has 0 amide bonds. The van der Waals surface area contributed by atoms with Gasteiger partial charge >= 0.3 is 0 Å². The number of hydrogen-bond acceptors (Lipinski definition) is 5. The van der Waals surface area contributed by atoms with E-state index in [9.17, 15) is 38.6 Å². The number of halogens is 8. The van der Waals surface area contributed by atoms with Crippen LogP contribution in [0.4, 0.5) is 35.1 Å². The van der Waals surface area contributed by atoms with Crippen LogP contribution in [0.3, 0.4) is 0 Å². The number of allylic oxidation sites excluding steroid dienone is 3. The minimum atomic E-state index is -1.92. The van der Waals surface area contributed by atoms with Gasteiger partial charge in [-0.05, 0) is 58.4 Å². The van der Waals surface area contributed by atoms with Crippen molar-refractivity contribution in [2.24, 2.45) is 0 Å². The first-order chi connectivity index (χ1) is 25.9. The Labute approximate surface area is 305 Å². The van der Waals surface area contributed by atoms with Gasteiger partial charge in [0, 0.05) is 43.2 Å². The van der Waals surface area contributed by atoms with Gasteiger partial charge < -0.3 is 0 Å². The van der Waals surface area contributed by atoms with Crippen molar-refractivity contribution in [2.75, 3.05) is 0 Å². The predicted octanol–water partition coefficient (Wildman–Crippen LogP) is 11.1. The van der Waals surface area contributed by atoms with E-state index in [0.29, 0.717) is 27.1 Å². The molecule has 0 atom stereocenters. The fourth-order valence-electron chi connectivity index (χ4n) is 7.07. The Morgan fingerprint density at radius 3 is 1.35 bits per heavy atom. The summed E-state index contributed by atoms with van der Waals surface area (Å²) in [6.45, 7) is 4.76. The van der Waals surface area contributed by atoms with Gasteiger partial charge in [-0.3, -0.25) is 0 Å². The molecule has 0 saturated carbocycles. The maximum Gasteiger partial charge on any atom is 0.195 e. The molecule has 4 nitrogen and oxygen atoms in total. The molecule has 7 rings (SSSR count). The van der Waals surface area contributed by atoms with E-state index < -0.39 is 86.4 Å². The molecule has 0 saturated heterocycles. The fraction of sp³-hybridized carbons (Fsp3) is 0.0732. The highest BCUT2D eigenvalue weighted by Crippen LogP contribution is 2.62. The number of fused-ring (bicyclic) bond motifs is 7. The lowest BCUT2D eigenvalue weighted by Crippen LogP contribution is -2.06. The minimum absolute atomic E-state index is 0.0203. The van der Waals surface area contributed by atoms with E-state index in [1.165, 1.54) is 43.3 Å². The van der Waals surface area contributed by atoms with Crippen molar-refractivity contribution >= 4 is 22.5 Å². The van der Waals surface area contributed by atoms with Crippen molar-refractivity contribution in [1.29, 1.82) is 21.0 Å². The summed E-state index contributed by atoms with van der Waals surface area (Å²) in [6, 6.07) is 15.0. The van der Waals surface area contributed by atoms with Crippen molar-refractivity contribution in [1.82, 2.24) is 0 Å². The average Bonchev–Trinajstić information content (AvgIpc) is 3.79. The Hall–Kier alpha value is -6.80. The summed E-state index contributed by atoms with van der Waals surface area (Å²) in [6.07, 6.45) is 0.343. The largest absolute Gasteiger partial charge is 0.206 e. The van der Waals surface area contributed by atoms with E-state index >= 15 is 17.6 Å². The zero-order valence-electron chi connectivity index (χ0n) is 27.4. The van der Waals surface area contributed by atoms with Crippen LogP contribution in [0.5, 0.6) is 0 Å². The first kappa shape index (κ1) is 35.6. The van der Waals surface area contributed by atoms with Gasteiger partial charge in [0.1, 0.15) is 47.1 Å². The lowest BCUT2D eigenvalue weighted by atomic mass is 9.92. The third kappa shape index (κ3) is 4.76. The number of benzene rings is 4. The highest BCUT2D eigenvalue weighted by Gasteiger charge is 2.40. The molecule has 54 heavy (non-hydrogen) atoms. The van der Waals surface area contributed by atoms with Gasteiger partial charge in [-0.1, -0.05) is 37.3 Å². The summed E-state index contributed by atoms with van der Waals surface area (Å²) < 4.78 is 120. The monoisotopic (exact) mass is 748 g/mol. The third-order valence-corrected chi connectivity index (χ3v) is 10.6. The molecule has 2 aliphatic carbocycles. The molecule has 0 unspecified atom stereocenters. The van der Waals surface area contributed by atoms with E-state index in [0.717, 1.165) is 17.4 Å². The van der Waals surface area contributed by atoms with E-state index in [1.54, 1.807) is 24.3 Å². The molecule has 1 aromatic heterocycles. The highest BCUT2D eigenvalue weighted by molar-refractivity contribution is 7.16. The van der Waals surface area contributed by atoms with E-state index in [2.05, 4.69) is 6.58 Å². The number of nitriles is 4. The van der Waals surface area contributed by atoms with E-state index in [-0.39, 0.29) is 44.7 Å². The van der Waals surface area contributed by atoms with Crippen LogP contribution in [-0.4, -0.2) is 0 Å². The molecular weight excluding hydrogens is 733 g/mol. The molecule has 0 aliphatic heterocycles. The normalized spacial score (nSPS) is 11.9. The summed E-state index contributed by atoms with van der Waals surface area (Å²) in [4.78, 5) is 0.580. The molecule has 4 aromatic carbocycles. The molecule has 0 spiro atoms. The fourth-order valence-corrected chi connectivity index (χ4v) is 8.53. The Kier molecular flexibility index (Phi) is 8.57. The Balaban J connectivity index is 1.53. The minimum Gasteiger partial charge on any atom is -0.206 e. The van der Waals surface area contributed by atoms with Crippen LogP contribution in [-0.2, 0) is 12.8 Å². The smallest absolute Gasteiger partial charge is 0.195 e. The molecule has 5 aromatic rings. The third-order valence-electron chi connectivity index (χ3n) is 9.41. The molecular formula is C41H16F8N4S. The molecule has 2 aliphatic rings. The zero-order valence-corrected chi connectivity index (χ0v) is 28.2. The lowest BCUT2D eigenvalue weighted by Gasteiger charge is -2.14. The number of rotatable bonds is 5. The Morgan fingerprint density at radius 1 is 0.556 bits per heavy atom. The molecule has 13 heteroatoms. The molecule has 0 N–H and O–H groups in total. The Morgan fingerprint density at radius 2 is 0.963 bits per heavy atom. The molecule has 0 fully saturated rings. The summed E-state index contributed by atoms with van der Waals surface area (Å²) in [5, 5.41) is 40.0. The van der Waals surface area contributed by atoms with Crippen LogP contribution < -0.4 is 0 Å². The van der Waals surface area contributed by atoms with Crippen molar-refractivity contribution in [3.63, 3.8) is 0 Å². The molecule has 1 heterocycles. The first-order valence-electron chi connectivity index (χ1n) is 15.8. The van der Waals surface area contributed by atoms with Crippen LogP contribution in [0.25, 0.3) is 55.7 Å². The van der Waals surface area contributed by atoms with Crippen molar-refractivity contribution in [2.45, 2.75) is 19.8 Å². The summed E-state index contributed by atoms with van der Waals surface area (Å²) in [7, 11) is 0. The van der Waals surface area contributed by atoms with Gasteiger partial charge in [0.2, 0.25) is 0 Å². The van der Waals surface area contributed by atoms with Crippen molar-refractivity contribution in [3.8, 4) is 68.8 Å². The van der Waals surface area contributed by atoms with Gasteiger partial charge in [-0.2, -0.15) is 21.0 Å². The van der Waals surface area contributed by atoms with Gasteiger partial charge in [-0.25, -0.2) is 35.1 Å². The van der Waals surface area contributed by atoms with Gasteiger partial charge in [0.05, 0.1) is 11.1 Å². The molecule has 262 valence electrons. The second-order valence-electron chi connectivity index (χ2n) is 12.0. The quantitative estimate of drug-likeness (QED) is 0.0576. The van der Waals surface area contributed by atoms with Gasteiger partial charge in [0.25, 0.3) is 0 Å². The summed E-state index contributed by atoms with van der Waals surface area (Å²) >= 11 is 0.952. The van der Waals surface area contributed by atoms with Crippen LogP contribution in [0.2, 0.25) is 0 Å². The molecule has 0 radical (unpaired) electrons. The number of nitrogens with zero attached hydrogens (tertiary/aromatic N) is 4. The second-order valence-corrected chi connectivity index (χ2v) is 13.1. The van der Waals surface area contributed by atoms with Gasteiger partial charge in [-0.15, -0.1) is 17.9 Å².